The molecule has 72 valence electrons. The predicted octanol–water partition coefficient (Wildman–Crippen LogP) is 0.932. The number of carbonyl (C=O) groups excluding carboxylic acids is 1. The van der Waals surface area contributed by atoms with Crippen LogP contribution in [0.2, 0.25) is 0 Å². The van der Waals surface area contributed by atoms with Gasteiger partial charge in [-0.15, -0.1) is 0 Å². The summed E-state index contributed by atoms with van der Waals surface area (Å²) in [6.45, 7) is 1.27. The van der Waals surface area contributed by atoms with Gasteiger partial charge in [0, 0.05) is 0 Å². The fourth-order valence-electron chi connectivity index (χ4n) is 2.30. The molecule has 0 radical (unpaired) electrons. The Bertz CT molecular complexity index is 392. The fourth-order valence-corrected chi connectivity index (χ4v) is 2.30. The molecule has 3 rings (SSSR count). The van der Waals surface area contributed by atoms with E-state index in [1.807, 2.05) is 12.1 Å². The third-order valence-corrected chi connectivity index (χ3v) is 2.98. The van der Waals surface area contributed by atoms with Gasteiger partial charge in [-0.2, -0.15) is 0 Å². The van der Waals surface area contributed by atoms with Crippen molar-refractivity contribution in [2.75, 3.05) is 6.61 Å². The number of benzene rings is 1. The standard InChI is InChI=1S/C11H11NO2/c13-10-5-11(12-10)7-14-6-8-3-1-2-4-9(8)11/h1-4H,5-7H2,(H,12,13). The first-order valence-corrected chi connectivity index (χ1v) is 4.77. The summed E-state index contributed by atoms with van der Waals surface area (Å²) in [5, 5.41) is 2.95. The van der Waals surface area contributed by atoms with Gasteiger partial charge in [0.25, 0.3) is 0 Å². The number of ether oxygens (including phenoxy) is 1. The topological polar surface area (TPSA) is 38.3 Å². The van der Waals surface area contributed by atoms with Crippen LogP contribution in [0.1, 0.15) is 17.5 Å². The Morgan fingerprint density at radius 1 is 1.36 bits per heavy atom. The fraction of sp³-hybridized carbons (Fsp3) is 0.364. The van der Waals surface area contributed by atoms with Gasteiger partial charge in [0.05, 0.1) is 25.2 Å². The maximum Gasteiger partial charge on any atom is 0.223 e. The molecule has 1 unspecified atom stereocenters. The van der Waals surface area contributed by atoms with Gasteiger partial charge in [0.2, 0.25) is 5.91 Å². The Morgan fingerprint density at radius 3 is 2.93 bits per heavy atom. The minimum absolute atomic E-state index is 0.116. The van der Waals surface area contributed by atoms with E-state index in [9.17, 15) is 4.79 Å². The maximum absolute atomic E-state index is 11.0. The Kier molecular flexibility index (Phi) is 1.47. The lowest BCUT2D eigenvalue weighted by atomic mass is 9.77. The number of β-lactam (4-membered cyclic amide) rings is 1. The molecule has 0 aromatic heterocycles. The average Bonchev–Trinajstić information content (AvgIpc) is 2.16. The van der Waals surface area contributed by atoms with E-state index in [2.05, 4.69) is 17.4 Å². The first kappa shape index (κ1) is 8.00. The Hall–Kier alpha value is -1.35. The number of carbonyl (C=O) groups is 1. The van der Waals surface area contributed by atoms with E-state index in [-0.39, 0.29) is 11.4 Å². The second kappa shape index (κ2) is 2.58. The average molecular weight is 189 g/mol. The zero-order chi connectivity index (χ0) is 9.60. The van der Waals surface area contributed by atoms with Crippen LogP contribution in [0.4, 0.5) is 0 Å². The maximum atomic E-state index is 11.0. The van der Waals surface area contributed by atoms with E-state index < -0.39 is 0 Å². The molecule has 1 atom stereocenters. The van der Waals surface area contributed by atoms with Crippen LogP contribution < -0.4 is 5.32 Å². The molecule has 3 nitrogen and oxygen atoms in total. The molecule has 1 aromatic carbocycles. The second-order valence-corrected chi connectivity index (χ2v) is 3.96. The molecule has 0 aliphatic carbocycles. The molecule has 1 spiro atoms. The number of hydrogen-bond donors (Lipinski definition) is 1. The van der Waals surface area contributed by atoms with Crippen LogP contribution in [0.15, 0.2) is 24.3 Å². The van der Waals surface area contributed by atoms with Gasteiger partial charge in [-0.3, -0.25) is 4.79 Å². The van der Waals surface area contributed by atoms with Crippen LogP contribution in [0, 0.1) is 0 Å². The van der Waals surface area contributed by atoms with Crippen molar-refractivity contribution in [3.63, 3.8) is 0 Å². The number of nitrogens with one attached hydrogen (secondary N) is 1. The number of rotatable bonds is 0. The molecular formula is C11H11NO2. The lowest BCUT2D eigenvalue weighted by Crippen LogP contribution is -2.62. The first-order chi connectivity index (χ1) is 6.80. The summed E-state index contributed by atoms with van der Waals surface area (Å²) in [5.41, 5.74) is 2.20. The summed E-state index contributed by atoms with van der Waals surface area (Å²) in [6.07, 6.45) is 0.560. The third kappa shape index (κ3) is 0.930. The predicted molar refractivity (Wildman–Crippen MR) is 50.5 cm³/mol. The van der Waals surface area contributed by atoms with Crippen LogP contribution in [0.3, 0.4) is 0 Å². The minimum atomic E-state index is -0.216. The van der Waals surface area contributed by atoms with E-state index in [0.29, 0.717) is 19.6 Å². The van der Waals surface area contributed by atoms with E-state index in [1.54, 1.807) is 0 Å². The third-order valence-electron chi connectivity index (χ3n) is 2.98. The molecule has 2 aliphatic rings. The van der Waals surface area contributed by atoms with Crippen LogP contribution in [-0.4, -0.2) is 12.5 Å². The molecule has 3 heteroatoms. The van der Waals surface area contributed by atoms with Crippen molar-refractivity contribution in [2.24, 2.45) is 0 Å². The van der Waals surface area contributed by atoms with Crippen molar-refractivity contribution in [3.8, 4) is 0 Å². The molecule has 2 heterocycles. The van der Waals surface area contributed by atoms with Gasteiger partial charge in [-0.25, -0.2) is 0 Å². The molecule has 1 fully saturated rings. The van der Waals surface area contributed by atoms with Crippen molar-refractivity contribution in [2.45, 2.75) is 18.6 Å². The number of fused-ring (bicyclic) bond motifs is 2. The summed E-state index contributed by atoms with van der Waals surface area (Å²) >= 11 is 0. The molecule has 1 aromatic rings. The molecule has 2 aliphatic heterocycles. The molecule has 1 saturated heterocycles. The van der Waals surface area contributed by atoms with Crippen LogP contribution in [0.25, 0.3) is 0 Å². The molecule has 0 saturated carbocycles. The lowest BCUT2D eigenvalue weighted by Gasteiger charge is -2.45. The number of amides is 1. The van der Waals surface area contributed by atoms with Crippen molar-refractivity contribution in [1.82, 2.24) is 5.32 Å². The van der Waals surface area contributed by atoms with Gasteiger partial charge in [-0.05, 0) is 11.1 Å². The second-order valence-electron chi connectivity index (χ2n) is 3.96. The summed E-state index contributed by atoms with van der Waals surface area (Å²) < 4.78 is 5.49. The van der Waals surface area contributed by atoms with Gasteiger partial charge in [0.1, 0.15) is 0 Å². The molecular weight excluding hydrogens is 178 g/mol. The van der Waals surface area contributed by atoms with Crippen LogP contribution >= 0.6 is 0 Å². The highest BCUT2D eigenvalue weighted by molar-refractivity contribution is 5.85. The highest BCUT2D eigenvalue weighted by atomic mass is 16.5. The van der Waals surface area contributed by atoms with E-state index >= 15 is 0 Å². The van der Waals surface area contributed by atoms with Gasteiger partial charge < -0.3 is 10.1 Å². The van der Waals surface area contributed by atoms with E-state index in [1.165, 1.54) is 11.1 Å². The monoisotopic (exact) mass is 189 g/mol. The van der Waals surface area contributed by atoms with Crippen molar-refractivity contribution < 1.29 is 9.53 Å². The first-order valence-electron chi connectivity index (χ1n) is 4.77. The summed E-state index contributed by atoms with van der Waals surface area (Å²) in [5.74, 6) is 0.116. The molecule has 0 bridgehead atoms. The normalized spacial score (nSPS) is 29.3. The summed E-state index contributed by atoms with van der Waals surface area (Å²) in [4.78, 5) is 11.0. The molecule has 1 N–H and O–H groups in total. The van der Waals surface area contributed by atoms with E-state index in [4.69, 9.17) is 4.74 Å². The number of hydrogen-bond acceptors (Lipinski definition) is 2. The Balaban J connectivity index is 2.07. The highest BCUT2D eigenvalue weighted by Crippen LogP contribution is 2.37. The Labute approximate surface area is 82.1 Å². The van der Waals surface area contributed by atoms with E-state index in [0.717, 1.165) is 0 Å². The van der Waals surface area contributed by atoms with Crippen molar-refractivity contribution in [1.29, 1.82) is 0 Å². The van der Waals surface area contributed by atoms with Crippen molar-refractivity contribution >= 4 is 5.91 Å². The van der Waals surface area contributed by atoms with Gasteiger partial charge in [-0.1, -0.05) is 24.3 Å². The zero-order valence-electron chi connectivity index (χ0n) is 7.75. The minimum Gasteiger partial charge on any atom is -0.374 e. The Morgan fingerprint density at radius 2 is 2.14 bits per heavy atom. The smallest absolute Gasteiger partial charge is 0.223 e. The zero-order valence-corrected chi connectivity index (χ0v) is 7.75. The summed E-state index contributed by atoms with van der Waals surface area (Å²) in [7, 11) is 0. The quantitative estimate of drug-likeness (QED) is 0.616. The highest BCUT2D eigenvalue weighted by Gasteiger charge is 2.47. The van der Waals surface area contributed by atoms with Gasteiger partial charge >= 0.3 is 0 Å². The largest absolute Gasteiger partial charge is 0.374 e. The summed E-state index contributed by atoms with van der Waals surface area (Å²) in [6, 6.07) is 8.15. The molecule has 14 heavy (non-hydrogen) atoms. The SMILES string of the molecule is O=C1CC2(COCc3ccccc32)N1. The van der Waals surface area contributed by atoms with Crippen LogP contribution in [0.5, 0.6) is 0 Å². The lowest BCUT2D eigenvalue weighted by molar-refractivity contribution is -0.138. The van der Waals surface area contributed by atoms with Gasteiger partial charge in [0.15, 0.2) is 0 Å². The van der Waals surface area contributed by atoms with Crippen LogP contribution in [-0.2, 0) is 21.7 Å². The molecule has 1 amide bonds. The van der Waals surface area contributed by atoms with Crippen molar-refractivity contribution in [3.05, 3.63) is 35.4 Å².